The lowest BCUT2D eigenvalue weighted by Gasteiger charge is -2.31. The number of aryl methyl sites for hydroxylation is 1. The van der Waals surface area contributed by atoms with Crippen LogP contribution in [0.25, 0.3) is 0 Å². The fraction of sp³-hybridized carbons (Fsp3) is 0.600. The van der Waals surface area contributed by atoms with Crippen molar-refractivity contribution in [1.82, 2.24) is 5.32 Å². The Kier molecular flexibility index (Phi) is 5.18. The third kappa shape index (κ3) is 3.59. The molecule has 0 radical (unpaired) electrons. The van der Waals surface area contributed by atoms with Gasteiger partial charge in [0.15, 0.2) is 9.84 Å². The van der Waals surface area contributed by atoms with Gasteiger partial charge in [-0.05, 0) is 31.0 Å². The van der Waals surface area contributed by atoms with Crippen LogP contribution in [0, 0.1) is 6.92 Å². The van der Waals surface area contributed by atoms with E-state index in [1.807, 2.05) is 38.1 Å². The Morgan fingerprint density at radius 1 is 1.35 bits per heavy atom. The van der Waals surface area contributed by atoms with Gasteiger partial charge in [0, 0.05) is 12.6 Å². The van der Waals surface area contributed by atoms with Crippen LogP contribution in [0.4, 0.5) is 0 Å². The van der Waals surface area contributed by atoms with E-state index in [0.717, 1.165) is 24.1 Å². The van der Waals surface area contributed by atoms with Gasteiger partial charge in [-0.1, -0.05) is 31.2 Å². The molecule has 0 bridgehead atoms. The molecule has 2 rings (SSSR count). The van der Waals surface area contributed by atoms with Gasteiger partial charge >= 0.3 is 0 Å². The molecule has 112 valence electrons. The van der Waals surface area contributed by atoms with E-state index in [2.05, 4.69) is 5.32 Å². The summed E-state index contributed by atoms with van der Waals surface area (Å²) in [5, 5.41) is 2.83. The number of hydrogen-bond donors (Lipinski definition) is 1. The summed E-state index contributed by atoms with van der Waals surface area (Å²) in [6.07, 6.45) is 0.755. The van der Waals surface area contributed by atoms with Gasteiger partial charge in [-0.2, -0.15) is 0 Å². The van der Waals surface area contributed by atoms with Gasteiger partial charge in [0.25, 0.3) is 0 Å². The van der Waals surface area contributed by atoms with Crippen molar-refractivity contribution in [3.05, 3.63) is 35.4 Å². The van der Waals surface area contributed by atoms with Crippen molar-refractivity contribution in [2.45, 2.75) is 37.3 Å². The van der Waals surface area contributed by atoms with Crippen molar-refractivity contribution < 1.29 is 13.2 Å². The average Bonchev–Trinajstić information content (AvgIpc) is 2.42. The van der Waals surface area contributed by atoms with Crippen molar-refractivity contribution in [2.75, 3.05) is 19.8 Å². The molecule has 1 aliphatic rings. The normalized spacial score (nSPS) is 23.7. The predicted octanol–water partition coefficient (Wildman–Crippen LogP) is 1.68. The summed E-state index contributed by atoms with van der Waals surface area (Å²) in [5.74, 6) is 0.0929. The Morgan fingerprint density at radius 3 is 2.80 bits per heavy atom. The van der Waals surface area contributed by atoms with E-state index in [0.29, 0.717) is 13.2 Å². The van der Waals surface area contributed by atoms with Crippen molar-refractivity contribution >= 4 is 9.84 Å². The summed E-state index contributed by atoms with van der Waals surface area (Å²) in [5.41, 5.74) is 1.90. The maximum Gasteiger partial charge on any atom is 0.161 e. The van der Waals surface area contributed by atoms with Crippen LogP contribution in [0.5, 0.6) is 0 Å². The highest BCUT2D eigenvalue weighted by atomic mass is 32.2. The molecule has 0 amide bonds. The lowest BCUT2D eigenvalue weighted by molar-refractivity contribution is 0.0811. The summed E-state index contributed by atoms with van der Waals surface area (Å²) in [6.45, 7) is 5.66. The topological polar surface area (TPSA) is 55.4 Å². The Labute approximate surface area is 121 Å². The first-order valence-corrected chi connectivity index (χ1v) is 8.83. The van der Waals surface area contributed by atoms with Gasteiger partial charge in [-0.25, -0.2) is 8.42 Å². The molecule has 4 nitrogen and oxygen atoms in total. The van der Waals surface area contributed by atoms with Gasteiger partial charge in [0.05, 0.1) is 12.4 Å². The maximum absolute atomic E-state index is 12.7. The van der Waals surface area contributed by atoms with E-state index < -0.39 is 15.1 Å². The van der Waals surface area contributed by atoms with E-state index in [4.69, 9.17) is 4.74 Å². The maximum atomic E-state index is 12.7. The van der Waals surface area contributed by atoms with E-state index >= 15 is 0 Å². The number of benzene rings is 1. The molecule has 1 aromatic rings. The molecule has 1 aromatic carbocycles. The van der Waals surface area contributed by atoms with Crippen molar-refractivity contribution in [3.63, 3.8) is 0 Å². The monoisotopic (exact) mass is 297 g/mol. The fourth-order valence-electron chi connectivity index (χ4n) is 2.66. The molecule has 2 atom stereocenters. The van der Waals surface area contributed by atoms with E-state index in [1.54, 1.807) is 0 Å². The zero-order chi connectivity index (χ0) is 14.6. The second kappa shape index (κ2) is 6.70. The third-order valence-corrected chi connectivity index (χ3v) is 5.95. The third-order valence-electron chi connectivity index (χ3n) is 3.85. The Hall–Kier alpha value is -0.910. The molecule has 1 heterocycles. The molecule has 1 aliphatic heterocycles. The first kappa shape index (κ1) is 15.5. The minimum absolute atomic E-state index is 0.00256. The summed E-state index contributed by atoms with van der Waals surface area (Å²) in [6, 6.07) is 7.65. The summed E-state index contributed by atoms with van der Waals surface area (Å²) >= 11 is 0. The van der Waals surface area contributed by atoms with Gasteiger partial charge < -0.3 is 10.1 Å². The van der Waals surface area contributed by atoms with E-state index in [-0.39, 0.29) is 11.8 Å². The van der Waals surface area contributed by atoms with Crippen LogP contribution >= 0.6 is 0 Å². The molecular formula is C15H23NO3S. The molecule has 0 aromatic heterocycles. The zero-order valence-corrected chi connectivity index (χ0v) is 12.9. The number of nitrogens with one attached hydrogen (secondary N) is 1. The number of rotatable bonds is 5. The van der Waals surface area contributed by atoms with Crippen LogP contribution in [0.15, 0.2) is 24.3 Å². The van der Waals surface area contributed by atoms with E-state index in [1.165, 1.54) is 0 Å². The van der Waals surface area contributed by atoms with Crippen molar-refractivity contribution in [1.29, 1.82) is 0 Å². The van der Waals surface area contributed by atoms with Crippen LogP contribution in [0.3, 0.4) is 0 Å². The Balaban J connectivity index is 2.18. The number of sulfone groups is 1. The van der Waals surface area contributed by atoms with Crippen LogP contribution in [-0.2, 0) is 20.3 Å². The lowest BCUT2D eigenvalue weighted by Crippen LogP contribution is -2.50. The van der Waals surface area contributed by atoms with Gasteiger partial charge in [-0.15, -0.1) is 0 Å². The molecular weight excluding hydrogens is 274 g/mol. The van der Waals surface area contributed by atoms with E-state index in [9.17, 15) is 8.42 Å². The second-order valence-corrected chi connectivity index (χ2v) is 7.52. The summed E-state index contributed by atoms with van der Waals surface area (Å²) in [4.78, 5) is 0. The highest BCUT2D eigenvalue weighted by molar-refractivity contribution is 7.91. The minimum atomic E-state index is -3.22. The first-order valence-electron chi connectivity index (χ1n) is 7.12. The number of hydrogen-bond acceptors (Lipinski definition) is 4. The minimum Gasteiger partial charge on any atom is -0.380 e. The van der Waals surface area contributed by atoms with Crippen molar-refractivity contribution in [3.8, 4) is 0 Å². The van der Waals surface area contributed by atoms with Gasteiger partial charge in [0.1, 0.15) is 5.25 Å². The Bertz CT molecular complexity index is 540. The second-order valence-electron chi connectivity index (χ2n) is 5.30. The molecule has 20 heavy (non-hydrogen) atoms. The molecule has 2 unspecified atom stereocenters. The summed E-state index contributed by atoms with van der Waals surface area (Å²) in [7, 11) is -3.22. The van der Waals surface area contributed by atoms with Crippen LogP contribution < -0.4 is 5.32 Å². The smallest absolute Gasteiger partial charge is 0.161 e. The SMILES string of the molecule is CCNC1CCOCC1S(=O)(=O)Cc1ccccc1C. The van der Waals surface area contributed by atoms with Crippen LogP contribution in [-0.4, -0.2) is 39.5 Å². The first-order chi connectivity index (χ1) is 9.54. The molecule has 5 heteroatoms. The van der Waals surface area contributed by atoms with Gasteiger partial charge in [-0.3, -0.25) is 0 Å². The highest BCUT2D eigenvalue weighted by Gasteiger charge is 2.35. The standard InChI is InChI=1S/C15H23NO3S/c1-3-16-14-8-9-19-10-15(14)20(17,18)11-13-7-5-4-6-12(13)2/h4-7,14-16H,3,8-11H2,1-2H3. The molecule has 0 aliphatic carbocycles. The number of ether oxygens (including phenoxy) is 1. The Morgan fingerprint density at radius 2 is 2.10 bits per heavy atom. The molecule has 1 N–H and O–H groups in total. The molecule has 1 saturated heterocycles. The average molecular weight is 297 g/mol. The molecule has 1 fully saturated rings. The molecule has 0 spiro atoms. The predicted molar refractivity (Wildman–Crippen MR) is 80.5 cm³/mol. The van der Waals surface area contributed by atoms with Gasteiger partial charge in [0.2, 0.25) is 0 Å². The van der Waals surface area contributed by atoms with Crippen molar-refractivity contribution in [2.24, 2.45) is 0 Å². The zero-order valence-electron chi connectivity index (χ0n) is 12.1. The molecule has 0 saturated carbocycles. The highest BCUT2D eigenvalue weighted by Crippen LogP contribution is 2.21. The lowest BCUT2D eigenvalue weighted by atomic mass is 10.1. The summed E-state index contributed by atoms with van der Waals surface area (Å²) < 4.78 is 30.7. The largest absolute Gasteiger partial charge is 0.380 e. The van der Waals surface area contributed by atoms with Crippen LogP contribution in [0.2, 0.25) is 0 Å². The fourth-order valence-corrected chi connectivity index (χ4v) is 4.67. The quantitative estimate of drug-likeness (QED) is 0.898. The van der Waals surface area contributed by atoms with Crippen LogP contribution in [0.1, 0.15) is 24.5 Å².